The fourth-order valence-electron chi connectivity index (χ4n) is 4.28. The first-order chi connectivity index (χ1) is 16.6. The highest BCUT2D eigenvalue weighted by atomic mass is 16.4. The van der Waals surface area contributed by atoms with Gasteiger partial charge in [0.15, 0.2) is 0 Å². The fraction of sp³-hybridized carbons (Fsp3) is 0.0357. The largest absolute Gasteiger partial charge is 0.480 e. The summed E-state index contributed by atoms with van der Waals surface area (Å²) in [7, 11) is 0. The van der Waals surface area contributed by atoms with Crippen LogP contribution in [0.5, 0.6) is 0 Å². The first kappa shape index (κ1) is 21.0. The molecule has 34 heavy (non-hydrogen) atoms. The summed E-state index contributed by atoms with van der Waals surface area (Å²) >= 11 is 0. The van der Waals surface area contributed by atoms with E-state index in [1.165, 1.54) is 6.08 Å². The highest BCUT2D eigenvalue weighted by Crippen LogP contribution is 2.37. The van der Waals surface area contributed by atoms with E-state index >= 15 is 0 Å². The van der Waals surface area contributed by atoms with Crippen LogP contribution >= 0.6 is 0 Å². The van der Waals surface area contributed by atoms with Gasteiger partial charge in [-0.3, -0.25) is 14.5 Å². The Hall–Kier alpha value is -4.89. The summed E-state index contributed by atoms with van der Waals surface area (Å²) in [6.45, 7) is -0.220. The van der Waals surface area contributed by atoms with Crippen LogP contribution in [0.2, 0.25) is 0 Å². The minimum atomic E-state index is -0.974. The molecule has 0 aliphatic carbocycles. The topological polar surface area (TPSA) is 86.3 Å². The van der Waals surface area contributed by atoms with Crippen molar-refractivity contribution in [2.45, 2.75) is 6.54 Å². The van der Waals surface area contributed by atoms with Crippen LogP contribution in [0.1, 0.15) is 16.7 Å². The second-order valence-electron chi connectivity index (χ2n) is 7.88. The van der Waals surface area contributed by atoms with Gasteiger partial charge in [0.25, 0.3) is 5.91 Å². The van der Waals surface area contributed by atoms with E-state index < -0.39 is 11.9 Å². The van der Waals surface area contributed by atoms with Crippen molar-refractivity contribution < 1.29 is 14.7 Å². The number of hydrogen-bond donors (Lipinski definition) is 1. The number of anilines is 2. The van der Waals surface area contributed by atoms with Gasteiger partial charge in [-0.25, -0.2) is 0 Å². The van der Waals surface area contributed by atoms with Gasteiger partial charge in [-0.1, -0.05) is 66.7 Å². The van der Waals surface area contributed by atoms with Crippen LogP contribution in [-0.4, -0.2) is 21.6 Å². The van der Waals surface area contributed by atoms with Crippen molar-refractivity contribution in [3.8, 4) is 6.07 Å². The Balaban J connectivity index is 1.65. The minimum Gasteiger partial charge on any atom is -0.480 e. The van der Waals surface area contributed by atoms with E-state index in [4.69, 9.17) is 0 Å². The molecule has 6 nitrogen and oxygen atoms in total. The summed E-state index contributed by atoms with van der Waals surface area (Å²) in [6, 6.07) is 24.5. The number of carbonyl (C=O) groups excluding carboxylic acids is 1. The summed E-state index contributed by atoms with van der Waals surface area (Å²) in [4.78, 5) is 26.7. The Morgan fingerprint density at radius 2 is 1.47 bits per heavy atom. The normalized spacial score (nSPS) is 12.6. The van der Waals surface area contributed by atoms with E-state index in [2.05, 4.69) is 6.07 Å². The third-order valence-electron chi connectivity index (χ3n) is 5.78. The van der Waals surface area contributed by atoms with Crippen LogP contribution in [0.25, 0.3) is 29.1 Å². The number of nitriles is 1. The molecule has 2 heterocycles. The van der Waals surface area contributed by atoms with Gasteiger partial charge in [0.2, 0.25) is 0 Å². The number of carbonyl (C=O) groups is 2. The molecule has 0 saturated heterocycles. The van der Waals surface area contributed by atoms with Crippen LogP contribution in [0.4, 0.5) is 11.4 Å². The molecular formula is C28H19N3O3. The lowest BCUT2D eigenvalue weighted by molar-refractivity contribution is -0.137. The predicted molar refractivity (Wildman–Crippen MR) is 132 cm³/mol. The van der Waals surface area contributed by atoms with Crippen molar-refractivity contribution in [1.29, 1.82) is 5.26 Å². The predicted octanol–water partition coefficient (Wildman–Crippen LogP) is 5.48. The molecule has 1 aliphatic rings. The van der Waals surface area contributed by atoms with Crippen molar-refractivity contribution in [2.75, 3.05) is 4.90 Å². The van der Waals surface area contributed by atoms with Gasteiger partial charge in [0, 0.05) is 22.7 Å². The van der Waals surface area contributed by atoms with Crippen LogP contribution in [0, 0.1) is 11.3 Å². The molecule has 0 unspecified atom stereocenters. The maximum Gasteiger partial charge on any atom is 0.323 e. The summed E-state index contributed by atoms with van der Waals surface area (Å²) in [6.07, 6.45) is 7.11. The van der Waals surface area contributed by atoms with Crippen molar-refractivity contribution in [3.05, 3.63) is 101 Å². The molecule has 6 heteroatoms. The molecule has 3 aromatic carbocycles. The second-order valence-corrected chi connectivity index (χ2v) is 7.88. The highest BCUT2D eigenvalue weighted by Gasteiger charge is 2.26. The summed E-state index contributed by atoms with van der Waals surface area (Å²) < 4.78 is 1.60. The number of hydrogen-bond acceptors (Lipinski definition) is 3. The van der Waals surface area contributed by atoms with Crippen LogP contribution in [0.3, 0.4) is 0 Å². The molecule has 0 spiro atoms. The Bertz CT molecular complexity index is 1500. The van der Waals surface area contributed by atoms with Gasteiger partial charge in [-0.2, -0.15) is 5.26 Å². The number of aromatic nitrogens is 1. The Labute approximate surface area is 195 Å². The smallest absolute Gasteiger partial charge is 0.323 e. The summed E-state index contributed by atoms with van der Waals surface area (Å²) in [5.41, 5.74) is 4.37. The number of aliphatic carboxylic acids is 1. The molecule has 0 fully saturated rings. The van der Waals surface area contributed by atoms with Gasteiger partial charge in [0.1, 0.15) is 18.2 Å². The minimum absolute atomic E-state index is 0.0512. The molecule has 0 radical (unpaired) electrons. The molecule has 1 amide bonds. The molecule has 0 atom stereocenters. The molecule has 5 rings (SSSR count). The van der Waals surface area contributed by atoms with Crippen molar-refractivity contribution in [1.82, 2.24) is 4.57 Å². The molecule has 1 aliphatic heterocycles. The summed E-state index contributed by atoms with van der Waals surface area (Å²) in [5, 5.41) is 20.0. The lowest BCUT2D eigenvalue weighted by atomic mass is 10.1. The lowest BCUT2D eigenvalue weighted by Gasteiger charge is -2.24. The number of carboxylic acid groups (broad SMARTS) is 1. The van der Waals surface area contributed by atoms with E-state index in [0.717, 1.165) is 22.0 Å². The standard InChI is InChI=1S/C28H19N3O3/c29-16-21(15-22-17-30(18-27(32)33)26-12-6-3-9-23(22)26)28(34)31-24-10-4-1-7-19(24)13-14-20-8-2-5-11-25(20)31/h1-15,17H,18H2,(H,32,33)/b21-15+. The van der Waals surface area contributed by atoms with Gasteiger partial charge in [0.05, 0.1) is 11.4 Å². The van der Waals surface area contributed by atoms with Crippen molar-refractivity contribution >= 4 is 52.4 Å². The van der Waals surface area contributed by atoms with E-state index in [-0.39, 0.29) is 12.1 Å². The van der Waals surface area contributed by atoms with Crippen molar-refractivity contribution in [2.24, 2.45) is 0 Å². The average Bonchev–Trinajstić information content (AvgIpc) is 3.09. The van der Waals surface area contributed by atoms with Crippen LogP contribution in [-0.2, 0) is 16.1 Å². The van der Waals surface area contributed by atoms with E-state index in [1.54, 1.807) is 15.7 Å². The van der Waals surface area contributed by atoms with Gasteiger partial charge in [-0.15, -0.1) is 0 Å². The van der Waals surface area contributed by atoms with Gasteiger partial charge >= 0.3 is 5.97 Å². The van der Waals surface area contributed by atoms with Crippen LogP contribution in [0.15, 0.2) is 84.6 Å². The molecular weight excluding hydrogens is 426 g/mol. The Morgan fingerprint density at radius 1 is 0.882 bits per heavy atom. The summed E-state index contributed by atoms with van der Waals surface area (Å²) in [5.74, 6) is -1.43. The Kier molecular flexibility index (Phi) is 5.29. The monoisotopic (exact) mass is 445 g/mol. The zero-order valence-electron chi connectivity index (χ0n) is 18.1. The van der Waals surface area contributed by atoms with E-state index in [0.29, 0.717) is 16.9 Å². The molecule has 0 saturated carbocycles. The SMILES string of the molecule is N#C/C(=C\c1cn(CC(=O)O)c2ccccc12)C(=O)N1c2ccccc2C=Cc2ccccc21. The van der Waals surface area contributed by atoms with E-state index in [1.807, 2.05) is 84.9 Å². The first-order valence-electron chi connectivity index (χ1n) is 10.7. The molecule has 1 N–H and O–H groups in total. The quantitative estimate of drug-likeness (QED) is 0.333. The number of rotatable bonds is 4. The fourth-order valence-corrected chi connectivity index (χ4v) is 4.28. The number of amides is 1. The highest BCUT2D eigenvalue weighted by molar-refractivity contribution is 6.18. The molecule has 164 valence electrons. The number of para-hydroxylation sites is 3. The number of carboxylic acids is 1. The zero-order chi connectivity index (χ0) is 23.7. The second kappa shape index (κ2) is 8.57. The maximum absolute atomic E-state index is 13.8. The van der Waals surface area contributed by atoms with E-state index in [9.17, 15) is 20.0 Å². The van der Waals surface area contributed by atoms with Gasteiger partial charge in [-0.05, 0) is 35.4 Å². The number of nitrogens with zero attached hydrogens (tertiary/aromatic N) is 3. The molecule has 4 aromatic rings. The molecule has 0 bridgehead atoms. The zero-order valence-corrected chi connectivity index (χ0v) is 18.1. The lowest BCUT2D eigenvalue weighted by Crippen LogP contribution is -2.28. The third-order valence-corrected chi connectivity index (χ3v) is 5.78. The number of benzene rings is 3. The van der Waals surface area contributed by atoms with Gasteiger partial charge < -0.3 is 9.67 Å². The first-order valence-corrected chi connectivity index (χ1v) is 10.7. The Morgan fingerprint density at radius 3 is 2.09 bits per heavy atom. The van der Waals surface area contributed by atoms with Crippen molar-refractivity contribution in [3.63, 3.8) is 0 Å². The molecule has 1 aromatic heterocycles. The average molecular weight is 445 g/mol. The third kappa shape index (κ3) is 3.65. The van der Waals surface area contributed by atoms with Crippen LogP contribution < -0.4 is 4.90 Å². The maximum atomic E-state index is 13.8. The number of fused-ring (bicyclic) bond motifs is 3.